The first-order valence-corrected chi connectivity index (χ1v) is 9.65. The van der Waals surface area contributed by atoms with E-state index in [2.05, 4.69) is 42.1 Å². The zero-order valence-corrected chi connectivity index (χ0v) is 17.1. The second kappa shape index (κ2) is 8.55. The van der Waals surface area contributed by atoms with Gasteiger partial charge in [-0.1, -0.05) is 31.9 Å². The summed E-state index contributed by atoms with van der Waals surface area (Å²) in [6.45, 7) is 2.92. The van der Waals surface area contributed by atoms with Gasteiger partial charge in [-0.05, 0) is 36.4 Å². The molecule has 1 fully saturated rings. The molecule has 0 radical (unpaired) electrons. The van der Waals surface area contributed by atoms with Gasteiger partial charge < -0.3 is 10.2 Å². The molecule has 0 aliphatic carbocycles. The zero-order chi connectivity index (χ0) is 18.5. The fraction of sp³-hybridized carbons (Fsp3) is 0.222. The van der Waals surface area contributed by atoms with Gasteiger partial charge in [0.25, 0.3) is 0 Å². The third-order valence-electron chi connectivity index (χ3n) is 3.93. The Morgan fingerprint density at radius 1 is 0.731 bits per heavy atom. The van der Waals surface area contributed by atoms with Crippen LogP contribution in [0.15, 0.2) is 55.5 Å². The lowest BCUT2D eigenvalue weighted by atomic mass is 10.2. The molecule has 1 heterocycles. The van der Waals surface area contributed by atoms with E-state index in [1.54, 1.807) is 36.7 Å². The first kappa shape index (κ1) is 18.7. The Bertz CT molecular complexity index is 764. The molecular formula is C18H18Br2N4O2. The summed E-state index contributed by atoms with van der Waals surface area (Å²) in [5.41, 5.74) is 1.34. The van der Waals surface area contributed by atoms with E-state index in [4.69, 9.17) is 0 Å². The first-order chi connectivity index (χ1) is 12.5. The number of hydrogen-bond donors (Lipinski definition) is 2. The minimum Gasteiger partial charge on any atom is -0.507 e. The monoisotopic (exact) mass is 480 g/mol. The van der Waals surface area contributed by atoms with Crippen LogP contribution in [0.2, 0.25) is 0 Å². The highest BCUT2D eigenvalue weighted by atomic mass is 79.9. The predicted molar refractivity (Wildman–Crippen MR) is 110 cm³/mol. The highest BCUT2D eigenvalue weighted by Crippen LogP contribution is 2.21. The average molecular weight is 482 g/mol. The molecule has 136 valence electrons. The van der Waals surface area contributed by atoms with Crippen LogP contribution in [0.25, 0.3) is 0 Å². The van der Waals surface area contributed by atoms with Crippen molar-refractivity contribution in [2.24, 2.45) is 10.2 Å². The Balaban J connectivity index is 1.56. The van der Waals surface area contributed by atoms with Crippen LogP contribution >= 0.6 is 31.9 Å². The molecule has 8 heteroatoms. The molecule has 0 saturated carbocycles. The lowest BCUT2D eigenvalue weighted by molar-refractivity contribution is 0.141. The summed E-state index contributed by atoms with van der Waals surface area (Å²) in [6, 6.07) is 10.5. The summed E-state index contributed by atoms with van der Waals surface area (Å²) in [5.74, 6) is 0.406. The quantitative estimate of drug-likeness (QED) is 0.654. The number of aromatic hydroxyl groups is 2. The van der Waals surface area contributed by atoms with Gasteiger partial charge in [0.05, 0.1) is 38.6 Å². The lowest BCUT2D eigenvalue weighted by Gasteiger charge is -2.31. The Hall–Kier alpha value is -2.06. The van der Waals surface area contributed by atoms with E-state index in [9.17, 15) is 10.2 Å². The second-order valence-corrected chi connectivity index (χ2v) is 7.63. The molecular weight excluding hydrogens is 464 g/mol. The van der Waals surface area contributed by atoms with Crippen LogP contribution in [-0.2, 0) is 0 Å². The Morgan fingerprint density at radius 2 is 1.12 bits per heavy atom. The number of halogens is 2. The number of hydrogen-bond acceptors (Lipinski definition) is 6. The van der Waals surface area contributed by atoms with E-state index in [1.165, 1.54) is 0 Å². The van der Waals surface area contributed by atoms with Crippen molar-refractivity contribution in [3.05, 3.63) is 56.5 Å². The number of rotatable bonds is 4. The van der Waals surface area contributed by atoms with E-state index in [0.717, 1.165) is 35.1 Å². The summed E-state index contributed by atoms with van der Waals surface area (Å²) in [6.07, 6.45) is 3.33. The molecule has 1 saturated heterocycles. The topological polar surface area (TPSA) is 71.7 Å². The van der Waals surface area contributed by atoms with Gasteiger partial charge in [-0.3, -0.25) is 10.0 Å². The van der Waals surface area contributed by atoms with Crippen molar-refractivity contribution < 1.29 is 10.2 Å². The number of piperazine rings is 1. The van der Waals surface area contributed by atoms with Crippen LogP contribution in [0.1, 0.15) is 11.1 Å². The largest absolute Gasteiger partial charge is 0.507 e. The number of phenolic OH excluding ortho intramolecular Hbond substituents is 2. The van der Waals surface area contributed by atoms with Crippen molar-refractivity contribution in [2.45, 2.75) is 0 Å². The van der Waals surface area contributed by atoms with E-state index in [-0.39, 0.29) is 11.5 Å². The van der Waals surface area contributed by atoms with Crippen LogP contribution in [0.4, 0.5) is 0 Å². The third-order valence-corrected chi connectivity index (χ3v) is 4.92. The maximum absolute atomic E-state index is 9.84. The first-order valence-electron chi connectivity index (χ1n) is 8.06. The van der Waals surface area contributed by atoms with E-state index in [0.29, 0.717) is 11.1 Å². The molecule has 6 nitrogen and oxygen atoms in total. The fourth-order valence-corrected chi connectivity index (χ4v) is 3.22. The lowest BCUT2D eigenvalue weighted by Crippen LogP contribution is -2.41. The number of hydrazone groups is 2. The highest BCUT2D eigenvalue weighted by molar-refractivity contribution is 9.10. The molecule has 0 bridgehead atoms. The molecule has 0 amide bonds. The van der Waals surface area contributed by atoms with Gasteiger partial charge in [0.1, 0.15) is 11.5 Å². The van der Waals surface area contributed by atoms with Crippen LogP contribution < -0.4 is 0 Å². The number of phenols is 2. The van der Waals surface area contributed by atoms with Gasteiger partial charge in [-0.25, -0.2) is 0 Å². The van der Waals surface area contributed by atoms with Crippen molar-refractivity contribution in [3.63, 3.8) is 0 Å². The van der Waals surface area contributed by atoms with Crippen LogP contribution in [0.3, 0.4) is 0 Å². The van der Waals surface area contributed by atoms with E-state index >= 15 is 0 Å². The minimum atomic E-state index is 0.203. The molecule has 2 aromatic carbocycles. The SMILES string of the molecule is Oc1ccc(Br)cc1/C=N\N1CCN(/N=C\c2cc(Br)ccc2O)CC1. The number of nitrogens with zero attached hydrogens (tertiary/aromatic N) is 4. The fourth-order valence-electron chi connectivity index (χ4n) is 2.46. The van der Waals surface area contributed by atoms with E-state index in [1.807, 2.05) is 22.2 Å². The molecule has 1 aliphatic heterocycles. The van der Waals surface area contributed by atoms with Gasteiger partial charge in [0, 0.05) is 20.1 Å². The summed E-state index contributed by atoms with van der Waals surface area (Å²) >= 11 is 6.77. The summed E-state index contributed by atoms with van der Waals surface area (Å²) in [4.78, 5) is 0. The van der Waals surface area contributed by atoms with Gasteiger partial charge in [0.15, 0.2) is 0 Å². The zero-order valence-electron chi connectivity index (χ0n) is 13.9. The minimum absolute atomic E-state index is 0.203. The summed E-state index contributed by atoms with van der Waals surface area (Å²) < 4.78 is 1.79. The molecule has 0 spiro atoms. The van der Waals surface area contributed by atoms with Crippen molar-refractivity contribution >= 4 is 44.3 Å². The van der Waals surface area contributed by atoms with Crippen molar-refractivity contribution in [1.29, 1.82) is 0 Å². The molecule has 2 N–H and O–H groups in total. The predicted octanol–water partition coefficient (Wildman–Crippen LogP) is 3.61. The smallest absolute Gasteiger partial charge is 0.124 e. The molecule has 3 rings (SSSR count). The third kappa shape index (κ3) is 4.98. The van der Waals surface area contributed by atoms with Crippen molar-refractivity contribution in [2.75, 3.05) is 26.2 Å². The van der Waals surface area contributed by atoms with Gasteiger partial charge >= 0.3 is 0 Å². The normalized spacial score (nSPS) is 15.3. The van der Waals surface area contributed by atoms with Gasteiger partial charge in [-0.15, -0.1) is 0 Å². The molecule has 26 heavy (non-hydrogen) atoms. The maximum Gasteiger partial charge on any atom is 0.124 e. The standard InChI is InChI=1S/C18H18Br2N4O2/c19-15-1-3-17(25)13(9-15)11-21-23-5-7-24(8-6-23)22-12-14-10-16(20)2-4-18(14)26/h1-4,9-12,25-26H,5-8H2/b21-11-,22-12-. The van der Waals surface area contributed by atoms with Gasteiger partial charge in [0.2, 0.25) is 0 Å². The summed E-state index contributed by atoms with van der Waals surface area (Å²) in [5, 5.41) is 32.5. The highest BCUT2D eigenvalue weighted by Gasteiger charge is 2.13. The average Bonchev–Trinajstić information content (AvgIpc) is 2.64. The molecule has 0 unspecified atom stereocenters. The van der Waals surface area contributed by atoms with Crippen LogP contribution in [0, 0.1) is 0 Å². The number of benzene rings is 2. The summed E-state index contributed by atoms with van der Waals surface area (Å²) in [7, 11) is 0. The molecule has 0 aromatic heterocycles. The van der Waals surface area contributed by atoms with E-state index < -0.39 is 0 Å². The Labute approximate surface area is 168 Å². The Morgan fingerprint density at radius 3 is 1.50 bits per heavy atom. The molecule has 1 aliphatic rings. The van der Waals surface area contributed by atoms with Crippen molar-refractivity contribution in [3.8, 4) is 11.5 Å². The van der Waals surface area contributed by atoms with Crippen LogP contribution in [-0.4, -0.2) is 58.8 Å². The van der Waals surface area contributed by atoms with Crippen molar-refractivity contribution in [1.82, 2.24) is 10.0 Å². The maximum atomic E-state index is 9.84. The Kier molecular flexibility index (Phi) is 6.16. The molecule has 0 atom stereocenters. The van der Waals surface area contributed by atoms with Crippen LogP contribution in [0.5, 0.6) is 11.5 Å². The molecule has 2 aromatic rings. The van der Waals surface area contributed by atoms with Gasteiger partial charge in [-0.2, -0.15) is 10.2 Å². The second-order valence-electron chi connectivity index (χ2n) is 5.80.